The number of hydrogen-bond acceptors (Lipinski definition) is 6. The number of aromatic amines is 1. The van der Waals surface area contributed by atoms with Crippen molar-refractivity contribution in [3.05, 3.63) is 35.5 Å². The monoisotopic (exact) mass is 327 g/mol. The molecule has 126 valence electrons. The molecule has 0 saturated heterocycles. The van der Waals surface area contributed by atoms with E-state index in [1.165, 1.54) is 0 Å². The average molecular weight is 327 g/mol. The van der Waals surface area contributed by atoms with Crippen LogP contribution in [0.2, 0.25) is 0 Å². The molecular weight excluding hydrogens is 306 g/mol. The zero-order valence-corrected chi connectivity index (χ0v) is 14.0. The molecule has 0 amide bonds. The Morgan fingerprint density at radius 1 is 1.17 bits per heavy atom. The number of fused-ring (bicyclic) bond motifs is 1. The minimum Gasteiger partial charge on any atom is -0.497 e. The summed E-state index contributed by atoms with van der Waals surface area (Å²) >= 11 is 0. The number of hydrogen-bond donors (Lipinski definition) is 3. The molecule has 24 heavy (non-hydrogen) atoms. The molecular formula is C17H21N5O2. The van der Waals surface area contributed by atoms with Crippen molar-refractivity contribution < 1.29 is 9.47 Å². The predicted octanol–water partition coefficient (Wildman–Crippen LogP) is 2.49. The Balaban J connectivity index is 1.97. The van der Waals surface area contributed by atoms with Crippen LogP contribution in [0.15, 0.2) is 24.4 Å². The van der Waals surface area contributed by atoms with Crippen molar-refractivity contribution >= 4 is 22.8 Å². The summed E-state index contributed by atoms with van der Waals surface area (Å²) in [5, 5.41) is 0.818. The van der Waals surface area contributed by atoms with Crippen LogP contribution in [0.1, 0.15) is 24.0 Å². The van der Waals surface area contributed by atoms with Crippen LogP contribution in [0.3, 0.4) is 0 Å². The zero-order valence-electron chi connectivity index (χ0n) is 14.0. The normalized spacial score (nSPS) is 12.3. The van der Waals surface area contributed by atoms with Gasteiger partial charge in [-0.25, -0.2) is 0 Å². The van der Waals surface area contributed by atoms with Crippen molar-refractivity contribution in [2.75, 3.05) is 25.7 Å². The van der Waals surface area contributed by atoms with Crippen LogP contribution in [-0.4, -0.2) is 29.2 Å². The van der Waals surface area contributed by atoms with Gasteiger partial charge in [-0.1, -0.05) is 6.92 Å². The first-order valence-electron chi connectivity index (χ1n) is 7.64. The number of aromatic nitrogens is 3. The predicted molar refractivity (Wildman–Crippen MR) is 94.4 cm³/mol. The topological polar surface area (TPSA) is 112 Å². The molecule has 2 aromatic heterocycles. The Hall–Kier alpha value is -2.96. The molecule has 5 N–H and O–H groups in total. The van der Waals surface area contributed by atoms with Gasteiger partial charge in [0.2, 0.25) is 5.95 Å². The standard InChI is InChI=1S/C17H21N5O2/c1-9(12-7-11(23-2)4-5-13(12)24-3)6-10-8-20-16-14(10)15(18)21-17(19)22-16/h4-5,7-9H,6H2,1-3H3,(H5,18,19,20,21,22). The van der Waals surface area contributed by atoms with E-state index in [-0.39, 0.29) is 11.9 Å². The van der Waals surface area contributed by atoms with Gasteiger partial charge in [0.25, 0.3) is 0 Å². The number of nitrogen functional groups attached to an aromatic ring is 2. The van der Waals surface area contributed by atoms with Gasteiger partial charge in [-0.15, -0.1) is 0 Å². The fourth-order valence-corrected chi connectivity index (χ4v) is 2.97. The summed E-state index contributed by atoms with van der Waals surface area (Å²) in [5.74, 6) is 2.37. The molecule has 0 aliphatic carbocycles. The smallest absolute Gasteiger partial charge is 0.223 e. The molecule has 3 aromatic rings. The summed E-state index contributed by atoms with van der Waals surface area (Å²) in [6.07, 6.45) is 2.65. The summed E-state index contributed by atoms with van der Waals surface area (Å²) < 4.78 is 10.8. The largest absolute Gasteiger partial charge is 0.497 e. The molecule has 1 unspecified atom stereocenters. The molecule has 2 heterocycles. The summed E-state index contributed by atoms with van der Waals surface area (Å²) in [7, 11) is 3.32. The van der Waals surface area contributed by atoms with Crippen LogP contribution >= 0.6 is 0 Å². The van der Waals surface area contributed by atoms with Gasteiger partial charge in [0, 0.05) is 11.8 Å². The van der Waals surface area contributed by atoms with Crippen molar-refractivity contribution in [2.45, 2.75) is 19.3 Å². The Bertz CT molecular complexity index is 875. The summed E-state index contributed by atoms with van der Waals surface area (Å²) in [4.78, 5) is 11.4. The highest BCUT2D eigenvalue weighted by molar-refractivity contribution is 5.90. The molecule has 7 nitrogen and oxygen atoms in total. The highest BCUT2D eigenvalue weighted by Gasteiger charge is 2.17. The van der Waals surface area contributed by atoms with E-state index < -0.39 is 0 Å². The van der Waals surface area contributed by atoms with Crippen molar-refractivity contribution in [3.8, 4) is 11.5 Å². The van der Waals surface area contributed by atoms with Crippen molar-refractivity contribution in [1.82, 2.24) is 15.0 Å². The Labute approximate surface area is 140 Å². The molecule has 1 atom stereocenters. The molecule has 0 radical (unpaired) electrons. The maximum Gasteiger partial charge on any atom is 0.223 e. The van der Waals surface area contributed by atoms with Gasteiger partial charge in [0.15, 0.2) is 0 Å². The average Bonchev–Trinajstić information content (AvgIpc) is 2.96. The first-order valence-corrected chi connectivity index (χ1v) is 7.64. The quantitative estimate of drug-likeness (QED) is 0.663. The molecule has 3 rings (SSSR count). The number of anilines is 2. The van der Waals surface area contributed by atoms with Gasteiger partial charge in [0.1, 0.15) is 23.0 Å². The molecule has 7 heteroatoms. The van der Waals surface area contributed by atoms with E-state index in [0.717, 1.165) is 34.4 Å². The van der Waals surface area contributed by atoms with E-state index >= 15 is 0 Å². The number of rotatable bonds is 5. The van der Waals surface area contributed by atoms with E-state index in [1.807, 2.05) is 24.4 Å². The number of benzene rings is 1. The third-order valence-electron chi connectivity index (χ3n) is 4.15. The lowest BCUT2D eigenvalue weighted by atomic mass is 9.93. The minimum atomic E-state index is 0.163. The van der Waals surface area contributed by atoms with Gasteiger partial charge in [-0.05, 0) is 36.1 Å². The first-order chi connectivity index (χ1) is 11.5. The third kappa shape index (κ3) is 2.80. The fourth-order valence-electron chi connectivity index (χ4n) is 2.97. The second kappa shape index (κ2) is 6.27. The Morgan fingerprint density at radius 2 is 1.96 bits per heavy atom. The van der Waals surface area contributed by atoms with Gasteiger partial charge in [0.05, 0.1) is 19.6 Å². The van der Waals surface area contributed by atoms with Crippen LogP contribution in [0.4, 0.5) is 11.8 Å². The summed E-state index contributed by atoms with van der Waals surface area (Å²) in [5.41, 5.74) is 14.4. The van der Waals surface area contributed by atoms with Crippen molar-refractivity contribution in [3.63, 3.8) is 0 Å². The Morgan fingerprint density at radius 3 is 2.67 bits per heavy atom. The molecule has 0 fully saturated rings. The number of nitrogens with zero attached hydrogens (tertiary/aromatic N) is 2. The lowest BCUT2D eigenvalue weighted by Gasteiger charge is -2.16. The number of methoxy groups -OCH3 is 2. The van der Waals surface area contributed by atoms with Crippen LogP contribution < -0.4 is 20.9 Å². The lowest BCUT2D eigenvalue weighted by molar-refractivity contribution is 0.396. The van der Waals surface area contributed by atoms with E-state index in [9.17, 15) is 0 Å². The maximum atomic E-state index is 6.02. The van der Waals surface area contributed by atoms with Crippen molar-refractivity contribution in [2.24, 2.45) is 0 Å². The Kier molecular flexibility index (Phi) is 4.16. The van der Waals surface area contributed by atoms with Crippen molar-refractivity contribution in [1.29, 1.82) is 0 Å². The second-order valence-electron chi connectivity index (χ2n) is 5.72. The highest BCUT2D eigenvalue weighted by atomic mass is 16.5. The first kappa shape index (κ1) is 15.9. The third-order valence-corrected chi connectivity index (χ3v) is 4.15. The molecule has 0 bridgehead atoms. The summed E-state index contributed by atoms with van der Waals surface area (Å²) in [6, 6.07) is 5.80. The number of H-pyrrole nitrogens is 1. The van der Waals surface area contributed by atoms with Crippen LogP contribution in [0, 0.1) is 0 Å². The maximum absolute atomic E-state index is 6.02. The number of nitrogens with one attached hydrogen (secondary N) is 1. The van der Waals surface area contributed by atoms with Gasteiger partial charge < -0.3 is 25.9 Å². The van der Waals surface area contributed by atoms with Gasteiger partial charge >= 0.3 is 0 Å². The number of ether oxygens (including phenoxy) is 2. The molecule has 0 aliphatic heterocycles. The summed E-state index contributed by atoms with van der Waals surface area (Å²) in [6.45, 7) is 2.13. The van der Waals surface area contributed by atoms with E-state index in [1.54, 1.807) is 14.2 Å². The van der Waals surface area contributed by atoms with E-state index in [4.69, 9.17) is 20.9 Å². The molecule has 0 spiro atoms. The van der Waals surface area contributed by atoms with E-state index in [0.29, 0.717) is 11.5 Å². The molecule has 0 saturated carbocycles. The molecule has 0 aliphatic rings. The van der Waals surface area contributed by atoms with Crippen LogP contribution in [0.25, 0.3) is 11.0 Å². The second-order valence-corrected chi connectivity index (χ2v) is 5.72. The van der Waals surface area contributed by atoms with Crippen LogP contribution in [-0.2, 0) is 6.42 Å². The van der Waals surface area contributed by atoms with Crippen LogP contribution in [0.5, 0.6) is 11.5 Å². The van der Waals surface area contributed by atoms with Gasteiger partial charge in [-0.3, -0.25) is 0 Å². The number of nitrogens with two attached hydrogens (primary N) is 2. The highest BCUT2D eigenvalue weighted by Crippen LogP contribution is 2.34. The molecule has 1 aromatic carbocycles. The fraction of sp³-hybridized carbons (Fsp3) is 0.294. The van der Waals surface area contributed by atoms with Gasteiger partial charge in [-0.2, -0.15) is 9.97 Å². The SMILES string of the molecule is COc1ccc(OC)c(C(C)Cc2c[nH]c3nc(N)nc(N)c23)c1. The minimum absolute atomic E-state index is 0.163. The lowest BCUT2D eigenvalue weighted by Crippen LogP contribution is -2.04. The van der Waals surface area contributed by atoms with E-state index in [2.05, 4.69) is 21.9 Å². The zero-order chi connectivity index (χ0) is 17.3.